The lowest BCUT2D eigenvalue weighted by Gasteiger charge is -2.17. The standard InChI is InChI=1S/C10H19NO2S/c1-8(6-11-10-2-3-10)9-4-5-14(12,13)7-9/h8-11H,2-7H2,1H3. The average Bonchev–Trinajstić information content (AvgIpc) is 2.86. The number of rotatable bonds is 4. The molecule has 82 valence electrons. The summed E-state index contributed by atoms with van der Waals surface area (Å²) in [7, 11) is -2.69. The van der Waals surface area contributed by atoms with Crippen LogP contribution in [0.25, 0.3) is 0 Å². The van der Waals surface area contributed by atoms with Gasteiger partial charge in [0.15, 0.2) is 9.84 Å². The highest BCUT2D eigenvalue weighted by molar-refractivity contribution is 7.91. The van der Waals surface area contributed by atoms with E-state index >= 15 is 0 Å². The van der Waals surface area contributed by atoms with Crippen molar-refractivity contribution < 1.29 is 8.42 Å². The van der Waals surface area contributed by atoms with Crippen molar-refractivity contribution >= 4 is 9.84 Å². The first-order valence-corrected chi connectivity index (χ1v) is 7.33. The van der Waals surface area contributed by atoms with E-state index in [4.69, 9.17) is 0 Å². The van der Waals surface area contributed by atoms with Gasteiger partial charge >= 0.3 is 0 Å². The van der Waals surface area contributed by atoms with Gasteiger partial charge in [-0.25, -0.2) is 8.42 Å². The Hall–Kier alpha value is -0.0900. The van der Waals surface area contributed by atoms with Crippen molar-refractivity contribution in [3.63, 3.8) is 0 Å². The molecule has 0 aromatic carbocycles. The summed E-state index contributed by atoms with van der Waals surface area (Å²) in [6.07, 6.45) is 3.47. The Kier molecular flexibility index (Phi) is 2.84. The van der Waals surface area contributed by atoms with Crippen molar-refractivity contribution in [2.45, 2.75) is 32.2 Å². The monoisotopic (exact) mass is 217 g/mol. The summed E-state index contributed by atoms with van der Waals surface area (Å²) >= 11 is 0. The molecule has 1 aliphatic heterocycles. The third-order valence-electron chi connectivity index (χ3n) is 3.38. The number of hydrogen-bond acceptors (Lipinski definition) is 3. The normalized spacial score (nSPS) is 33.1. The van der Waals surface area contributed by atoms with Crippen LogP contribution < -0.4 is 5.32 Å². The Morgan fingerprint density at radius 3 is 2.57 bits per heavy atom. The van der Waals surface area contributed by atoms with Crippen LogP contribution in [-0.2, 0) is 9.84 Å². The molecule has 1 N–H and O–H groups in total. The van der Waals surface area contributed by atoms with Crippen LogP contribution in [0.15, 0.2) is 0 Å². The third-order valence-corrected chi connectivity index (χ3v) is 5.17. The maximum atomic E-state index is 11.3. The van der Waals surface area contributed by atoms with Crippen LogP contribution in [0.3, 0.4) is 0 Å². The van der Waals surface area contributed by atoms with E-state index in [1.54, 1.807) is 0 Å². The van der Waals surface area contributed by atoms with Crippen molar-refractivity contribution in [2.24, 2.45) is 11.8 Å². The van der Waals surface area contributed by atoms with E-state index < -0.39 is 9.84 Å². The second-order valence-electron chi connectivity index (χ2n) is 4.82. The Bertz CT molecular complexity index is 295. The van der Waals surface area contributed by atoms with Crippen molar-refractivity contribution in [1.82, 2.24) is 5.32 Å². The van der Waals surface area contributed by atoms with E-state index in [1.165, 1.54) is 12.8 Å². The van der Waals surface area contributed by atoms with Gasteiger partial charge < -0.3 is 5.32 Å². The molecule has 0 bridgehead atoms. The Labute approximate surface area is 86.2 Å². The first kappa shape index (κ1) is 10.4. The molecule has 1 aliphatic carbocycles. The van der Waals surface area contributed by atoms with Gasteiger partial charge in [0.25, 0.3) is 0 Å². The van der Waals surface area contributed by atoms with Crippen LogP contribution in [-0.4, -0.2) is 32.5 Å². The molecule has 14 heavy (non-hydrogen) atoms. The molecule has 0 aromatic heterocycles. The first-order chi connectivity index (χ1) is 6.57. The summed E-state index contributed by atoms with van der Waals surface area (Å²) < 4.78 is 22.6. The molecule has 3 nitrogen and oxygen atoms in total. The van der Waals surface area contributed by atoms with Crippen molar-refractivity contribution in [2.75, 3.05) is 18.1 Å². The molecular weight excluding hydrogens is 198 g/mol. The van der Waals surface area contributed by atoms with Crippen molar-refractivity contribution in [3.05, 3.63) is 0 Å². The average molecular weight is 217 g/mol. The summed E-state index contributed by atoms with van der Waals surface area (Å²) in [5, 5.41) is 3.47. The second-order valence-corrected chi connectivity index (χ2v) is 7.05. The van der Waals surface area contributed by atoms with E-state index in [0.717, 1.165) is 19.0 Å². The van der Waals surface area contributed by atoms with Gasteiger partial charge in [-0.05, 0) is 37.6 Å². The fourth-order valence-corrected chi connectivity index (χ4v) is 4.06. The molecule has 2 aliphatic rings. The fraction of sp³-hybridized carbons (Fsp3) is 1.00. The van der Waals surface area contributed by atoms with Crippen LogP contribution in [0.5, 0.6) is 0 Å². The van der Waals surface area contributed by atoms with Crippen molar-refractivity contribution in [1.29, 1.82) is 0 Å². The van der Waals surface area contributed by atoms with Gasteiger partial charge in [-0.15, -0.1) is 0 Å². The van der Waals surface area contributed by atoms with E-state index in [1.807, 2.05) is 0 Å². The lowest BCUT2D eigenvalue weighted by molar-refractivity contribution is 0.372. The Morgan fingerprint density at radius 2 is 2.07 bits per heavy atom. The van der Waals surface area contributed by atoms with Crippen LogP contribution in [0.4, 0.5) is 0 Å². The minimum Gasteiger partial charge on any atom is -0.314 e. The molecule has 2 unspecified atom stereocenters. The topological polar surface area (TPSA) is 46.2 Å². The van der Waals surface area contributed by atoms with E-state index in [-0.39, 0.29) is 0 Å². The number of hydrogen-bond donors (Lipinski definition) is 1. The largest absolute Gasteiger partial charge is 0.314 e. The molecule has 1 saturated heterocycles. The van der Waals surface area contributed by atoms with Gasteiger partial charge in [-0.3, -0.25) is 0 Å². The maximum Gasteiger partial charge on any atom is 0.150 e. The molecule has 2 fully saturated rings. The molecule has 2 rings (SSSR count). The first-order valence-electron chi connectivity index (χ1n) is 5.50. The second kappa shape index (κ2) is 3.81. The zero-order valence-electron chi connectivity index (χ0n) is 8.70. The quantitative estimate of drug-likeness (QED) is 0.758. The molecule has 2 atom stereocenters. The molecule has 0 amide bonds. The summed E-state index contributed by atoms with van der Waals surface area (Å²) in [6.45, 7) is 3.16. The molecule has 4 heteroatoms. The van der Waals surface area contributed by atoms with Gasteiger partial charge in [0, 0.05) is 6.04 Å². The number of sulfone groups is 1. The fourth-order valence-electron chi connectivity index (χ4n) is 2.08. The number of nitrogens with one attached hydrogen (secondary N) is 1. The SMILES string of the molecule is CC(CNC1CC1)C1CCS(=O)(=O)C1. The Balaban J connectivity index is 1.77. The van der Waals surface area contributed by atoms with Crippen LogP contribution >= 0.6 is 0 Å². The summed E-state index contributed by atoms with van der Waals surface area (Å²) in [5.74, 6) is 1.73. The van der Waals surface area contributed by atoms with Gasteiger partial charge in [-0.1, -0.05) is 6.92 Å². The predicted molar refractivity (Wildman–Crippen MR) is 56.9 cm³/mol. The van der Waals surface area contributed by atoms with Crippen molar-refractivity contribution in [3.8, 4) is 0 Å². The van der Waals surface area contributed by atoms with E-state index in [9.17, 15) is 8.42 Å². The van der Waals surface area contributed by atoms with E-state index in [2.05, 4.69) is 12.2 Å². The minimum absolute atomic E-state index is 0.395. The summed E-state index contributed by atoms with van der Waals surface area (Å²) in [6, 6.07) is 0.732. The molecular formula is C10H19NO2S. The minimum atomic E-state index is -2.69. The summed E-state index contributed by atoms with van der Waals surface area (Å²) in [4.78, 5) is 0. The van der Waals surface area contributed by atoms with Crippen LogP contribution in [0.1, 0.15) is 26.2 Å². The highest BCUT2D eigenvalue weighted by Gasteiger charge is 2.32. The lowest BCUT2D eigenvalue weighted by atomic mass is 9.94. The molecule has 0 spiro atoms. The van der Waals surface area contributed by atoms with Crippen LogP contribution in [0, 0.1) is 11.8 Å². The van der Waals surface area contributed by atoms with Crippen LogP contribution in [0.2, 0.25) is 0 Å². The van der Waals surface area contributed by atoms with Gasteiger partial charge in [-0.2, -0.15) is 0 Å². The van der Waals surface area contributed by atoms with E-state index in [0.29, 0.717) is 23.3 Å². The smallest absolute Gasteiger partial charge is 0.150 e. The zero-order valence-corrected chi connectivity index (χ0v) is 9.52. The Morgan fingerprint density at radius 1 is 1.36 bits per heavy atom. The highest BCUT2D eigenvalue weighted by Crippen LogP contribution is 2.26. The zero-order chi connectivity index (χ0) is 10.2. The molecule has 0 aromatic rings. The van der Waals surface area contributed by atoms with Gasteiger partial charge in [0.05, 0.1) is 11.5 Å². The highest BCUT2D eigenvalue weighted by atomic mass is 32.2. The molecule has 1 saturated carbocycles. The lowest BCUT2D eigenvalue weighted by Crippen LogP contribution is -2.28. The summed E-state index contributed by atoms with van der Waals surface area (Å²) in [5.41, 5.74) is 0. The van der Waals surface area contributed by atoms with Gasteiger partial charge in [0.2, 0.25) is 0 Å². The van der Waals surface area contributed by atoms with Gasteiger partial charge in [0.1, 0.15) is 0 Å². The third kappa shape index (κ3) is 2.70. The molecule has 0 radical (unpaired) electrons. The predicted octanol–water partition coefficient (Wildman–Crippen LogP) is 0.809. The molecule has 1 heterocycles. The maximum absolute atomic E-state index is 11.3.